The topological polar surface area (TPSA) is 159 Å². The van der Waals surface area contributed by atoms with Crippen LogP contribution >= 0.6 is 0 Å². The van der Waals surface area contributed by atoms with Crippen LogP contribution in [0.3, 0.4) is 0 Å². The molecule has 11 N–H and O–H groups in total. The van der Waals surface area contributed by atoms with Crippen LogP contribution in [0.25, 0.3) is 0 Å². The molecule has 0 aromatic rings. The summed E-state index contributed by atoms with van der Waals surface area (Å²) >= 11 is 0. The molecule has 1 atom stereocenters. The third-order valence-corrected chi connectivity index (χ3v) is 4.45. The van der Waals surface area contributed by atoms with Crippen molar-refractivity contribution >= 4 is 5.91 Å². The van der Waals surface area contributed by atoms with Crippen molar-refractivity contribution in [1.29, 1.82) is 0 Å². The van der Waals surface area contributed by atoms with Gasteiger partial charge in [-0.05, 0) is 19.4 Å². The second-order valence-electron chi connectivity index (χ2n) is 7.09. The van der Waals surface area contributed by atoms with Crippen molar-refractivity contribution in [2.75, 3.05) is 6.54 Å². The van der Waals surface area contributed by atoms with Gasteiger partial charge in [-0.1, -0.05) is 104 Å². The van der Waals surface area contributed by atoms with E-state index < -0.39 is 12.0 Å². The van der Waals surface area contributed by atoms with E-state index >= 15 is 0 Å². The molecule has 1 unspecified atom stereocenters. The van der Waals surface area contributed by atoms with Crippen molar-refractivity contribution in [3.63, 3.8) is 0 Å². The molecule has 0 aromatic carbocycles. The summed E-state index contributed by atoms with van der Waals surface area (Å²) in [5, 5.41) is 9.24. The van der Waals surface area contributed by atoms with E-state index in [1.165, 1.54) is 77.0 Å². The van der Waals surface area contributed by atoms with Gasteiger partial charge < -0.3 is 28.9 Å². The molecule has 0 heterocycles. The van der Waals surface area contributed by atoms with Crippen molar-refractivity contribution < 1.29 is 9.90 Å². The Morgan fingerprint density at radius 1 is 0.704 bits per heavy atom. The fourth-order valence-electron chi connectivity index (χ4n) is 2.67. The number of nitrogens with two attached hydrogens (primary N) is 2. The summed E-state index contributed by atoms with van der Waals surface area (Å²) in [5.41, 5.74) is 10.0. The summed E-state index contributed by atoms with van der Waals surface area (Å²) in [7, 11) is 0. The first-order valence-corrected chi connectivity index (χ1v) is 10.8. The number of hydrogen-bond acceptors (Lipinski definition) is 5. The van der Waals surface area contributed by atoms with Gasteiger partial charge in [-0.3, -0.25) is 4.79 Å². The van der Waals surface area contributed by atoms with Crippen LogP contribution < -0.4 is 23.8 Å². The number of hydrogen-bond donors (Lipinski definition) is 5. The molecule has 0 aliphatic rings. The van der Waals surface area contributed by atoms with Crippen LogP contribution in [0.5, 0.6) is 0 Å². The normalized spacial score (nSPS) is 10.8. The Hall–Kier alpha value is -0.690. The van der Waals surface area contributed by atoms with Crippen LogP contribution in [-0.2, 0) is 4.79 Å². The summed E-state index contributed by atoms with van der Waals surface area (Å²) in [5.74, 6) is -0.593. The Morgan fingerprint density at radius 2 is 1.00 bits per heavy atom. The Balaban J connectivity index is -0.000000398. The molecule has 27 heavy (non-hydrogen) atoms. The maximum Gasteiger partial charge on any atom is 0.246 e. The summed E-state index contributed by atoms with van der Waals surface area (Å²) in [6.45, 7) is 5.14. The standard InChI is InChI=1S/C18H37NO2.C3H9N.2H3N/c1-2-3-4-5-6-7-8-9-10-11-12-13-14-15-16-17(20)18(19)21;1-2-3-4;;/h17,20H,2-16H2,1H3,(H2,19,21);2-4H2,1H3;2*1H3. The number of carbonyl (C=O) groups excluding carboxylic acids is 1. The predicted octanol–water partition coefficient (Wildman–Crippen LogP) is 5.38. The van der Waals surface area contributed by atoms with Crippen molar-refractivity contribution in [1.82, 2.24) is 12.3 Å². The van der Waals surface area contributed by atoms with E-state index in [9.17, 15) is 9.90 Å². The monoisotopic (exact) mass is 392 g/mol. The summed E-state index contributed by atoms with van der Waals surface area (Å²) < 4.78 is 0. The average molecular weight is 393 g/mol. The third-order valence-electron chi connectivity index (χ3n) is 4.45. The zero-order chi connectivity index (χ0) is 19.2. The quantitative estimate of drug-likeness (QED) is 0.210. The third kappa shape index (κ3) is 33.3. The van der Waals surface area contributed by atoms with E-state index in [0.717, 1.165) is 25.8 Å². The van der Waals surface area contributed by atoms with Gasteiger partial charge in [0.25, 0.3) is 0 Å². The number of aliphatic hydroxyl groups excluding tert-OH is 1. The number of carbonyl (C=O) groups is 1. The number of unbranched alkanes of at least 4 members (excludes halogenated alkanes) is 13. The van der Waals surface area contributed by atoms with Crippen LogP contribution in [0, 0.1) is 0 Å². The van der Waals surface area contributed by atoms with Gasteiger partial charge in [-0.2, -0.15) is 0 Å². The molecule has 0 aliphatic heterocycles. The smallest absolute Gasteiger partial charge is 0.246 e. The molecular weight excluding hydrogens is 340 g/mol. The maximum atomic E-state index is 10.6. The number of aliphatic hydroxyl groups is 1. The SMILES string of the molecule is CCCCCCCCCCCCCCCCC(O)C(N)=O.CCCN.N.N. The lowest BCUT2D eigenvalue weighted by Gasteiger charge is -2.06. The Labute approximate surface area is 169 Å². The largest absolute Gasteiger partial charge is 0.383 e. The molecule has 0 bridgehead atoms. The molecule has 0 aromatic heterocycles. The van der Waals surface area contributed by atoms with Crippen molar-refractivity contribution in [2.45, 2.75) is 123 Å². The van der Waals surface area contributed by atoms with E-state index in [0.29, 0.717) is 6.42 Å². The Kier molecular flexibility index (Phi) is 37.7. The van der Waals surface area contributed by atoms with E-state index in [1.807, 2.05) is 0 Å². The molecule has 1 amide bonds. The zero-order valence-electron chi connectivity index (χ0n) is 18.5. The molecule has 0 rings (SSSR count). The highest BCUT2D eigenvalue weighted by molar-refractivity contribution is 5.78. The van der Waals surface area contributed by atoms with Gasteiger partial charge in [-0.15, -0.1) is 0 Å². The van der Waals surface area contributed by atoms with Crippen LogP contribution in [0.4, 0.5) is 0 Å². The second-order valence-corrected chi connectivity index (χ2v) is 7.09. The van der Waals surface area contributed by atoms with E-state index in [4.69, 9.17) is 11.5 Å². The fraction of sp³-hybridized carbons (Fsp3) is 0.952. The fourth-order valence-corrected chi connectivity index (χ4v) is 2.67. The first-order valence-electron chi connectivity index (χ1n) is 10.8. The molecular formula is C21H52N4O2. The van der Waals surface area contributed by atoms with Gasteiger partial charge in [0.1, 0.15) is 6.10 Å². The minimum absolute atomic E-state index is 0. The van der Waals surface area contributed by atoms with Gasteiger partial charge in [-0.25, -0.2) is 0 Å². The summed E-state index contributed by atoms with van der Waals surface area (Å²) in [6, 6.07) is 0. The van der Waals surface area contributed by atoms with Gasteiger partial charge in [0.05, 0.1) is 0 Å². The summed E-state index contributed by atoms with van der Waals surface area (Å²) in [6.07, 6.45) is 19.0. The Bertz CT molecular complexity index is 265. The lowest BCUT2D eigenvalue weighted by molar-refractivity contribution is -0.126. The number of amides is 1. The molecule has 6 heteroatoms. The molecule has 168 valence electrons. The highest BCUT2D eigenvalue weighted by Gasteiger charge is 2.09. The molecule has 0 spiro atoms. The van der Waals surface area contributed by atoms with Gasteiger partial charge in [0.15, 0.2) is 0 Å². The number of rotatable bonds is 17. The number of primary amides is 1. The van der Waals surface area contributed by atoms with E-state index in [2.05, 4.69) is 13.8 Å². The second kappa shape index (κ2) is 30.1. The summed E-state index contributed by atoms with van der Waals surface area (Å²) in [4.78, 5) is 10.6. The van der Waals surface area contributed by atoms with Crippen LogP contribution in [0.15, 0.2) is 0 Å². The van der Waals surface area contributed by atoms with E-state index in [-0.39, 0.29) is 12.3 Å². The minimum atomic E-state index is -0.942. The molecule has 0 saturated heterocycles. The molecule has 0 radical (unpaired) electrons. The van der Waals surface area contributed by atoms with Crippen LogP contribution in [0.2, 0.25) is 0 Å². The highest BCUT2D eigenvalue weighted by atomic mass is 16.3. The average Bonchev–Trinajstić information content (AvgIpc) is 2.61. The van der Waals surface area contributed by atoms with Gasteiger partial charge >= 0.3 is 0 Å². The molecule has 0 saturated carbocycles. The van der Waals surface area contributed by atoms with Crippen molar-refractivity contribution in [3.05, 3.63) is 0 Å². The Morgan fingerprint density at radius 3 is 1.26 bits per heavy atom. The first kappa shape index (κ1) is 33.9. The molecule has 0 fully saturated rings. The first-order chi connectivity index (χ1) is 12.1. The lowest BCUT2D eigenvalue weighted by atomic mass is 10.0. The zero-order valence-corrected chi connectivity index (χ0v) is 18.5. The van der Waals surface area contributed by atoms with E-state index in [1.54, 1.807) is 0 Å². The van der Waals surface area contributed by atoms with Crippen molar-refractivity contribution in [3.8, 4) is 0 Å². The van der Waals surface area contributed by atoms with Crippen LogP contribution in [0.1, 0.15) is 117 Å². The maximum absolute atomic E-state index is 10.6. The minimum Gasteiger partial charge on any atom is -0.383 e. The molecule has 0 aliphatic carbocycles. The van der Waals surface area contributed by atoms with Crippen molar-refractivity contribution in [2.24, 2.45) is 11.5 Å². The molecule has 6 nitrogen and oxygen atoms in total. The van der Waals surface area contributed by atoms with Crippen LogP contribution in [-0.4, -0.2) is 23.7 Å². The lowest BCUT2D eigenvalue weighted by Crippen LogP contribution is -2.27. The predicted molar refractivity (Wildman–Crippen MR) is 120 cm³/mol. The van der Waals surface area contributed by atoms with Gasteiger partial charge in [0, 0.05) is 0 Å². The van der Waals surface area contributed by atoms with Gasteiger partial charge in [0.2, 0.25) is 5.91 Å². The highest BCUT2D eigenvalue weighted by Crippen LogP contribution is 2.13.